The number of aromatic nitrogens is 2. The molecule has 3 aliphatic heterocycles. The molecule has 1 aliphatic carbocycles. The molecule has 12 heteroatoms. The van der Waals surface area contributed by atoms with Crippen LogP contribution >= 0.6 is 0 Å². The van der Waals surface area contributed by atoms with Gasteiger partial charge >= 0.3 is 0 Å². The molecule has 4 aliphatic rings. The molecule has 1 spiro atoms. The molecule has 3 amide bonds. The number of pyridine rings is 2. The van der Waals surface area contributed by atoms with E-state index in [0.717, 1.165) is 35.6 Å². The third kappa shape index (κ3) is 5.22. The Morgan fingerprint density at radius 1 is 1.07 bits per heavy atom. The molecular formula is C32H32F2N6O4. The van der Waals surface area contributed by atoms with Crippen LogP contribution in [0.5, 0.6) is 0 Å². The standard InChI is InChI=1S/C32H32F2N6O4/c33-22-9-19(10-23(34)12-22)26-16-36-25(8-18-3-6-44-7-4-18)30(42)40(26)17-28(41)38-27-11-20-13-32(14-21(20)15-37-27)24-2-1-5-35-29(24)39-31(32)43/h1-2,5,9-12,15,18,25-26,36H,3-4,6-8,13-14,16-17H2,(H,35,39,43)(H,37,38,41). The molecule has 228 valence electrons. The van der Waals surface area contributed by atoms with Gasteiger partial charge in [-0.05, 0) is 79.0 Å². The van der Waals surface area contributed by atoms with Crippen molar-refractivity contribution in [1.29, 1.82) is 0 Å². The number of benzene rings is 1. The maximum absolute atomic E-state index is 14.2. The van der Waals surface area contributed by atoms with E-state index < -0.39 is 35.0 Å². The fourth-order valence-electron chi connectivity index (χ4n) is 7.12. The molecule has 0 saturated carbocycles. The SMILES string of the molecule is O=C(CN1C(=O)C(CC2CCOCC2)NCC1c1cc(F)cc(F)c1)Nc1cc2c(cn1)CC1(C2)C(=O)Nc2ncccc21. The monoisotopic (exact) mass is 602 g/mol. The molecule has 2 saturated heterocycles. The smallest absolute Gasteiger partial charge is 0.245 e. The van der Waals surface area contributed by atoms with E-state index in [1.807, 2.05) is 12.1 Å². The van der Waals surface area contributed by atoms with E-state index in [1.54, 1.807) is 18.5 Å². The summed E-state index contributed by atoms with van der Waals surface area (Å²) in [4.78, 5) is 50.3. The highest BCUT2D eigenvalue weighted by molar-refractivity contribution is 6.06. The van der Waals surface area contributed by atoms with Gasteiger partial charge in [-0.3, -0.25) is 14.4 Å². The summed E-state index contributed by atoms with van der Waals surface area (Å²) in [6.07, 6.45) is 6.50. The number of carbonyl (C=O) groups excluding carboxylic acids is 3. The summed E-state index contributed by atoms with van der Waals surface area (Å²) in [7, 11) is 0. The maximum Gasteiger partial charge on any atom is 0.245 e. The summed E-state index contributed by atoms with van der Waals surface area (Å²) in [5, 5.41) is 8.94. The highest BCUT2D eigenvalue weighted by Crippen LogP contribution is 2.46. The number of hydrogen-bond donors (Lipinski definition) is 3. The topological polar surface area (TPSA) is 126 Å². The zero-order chi connectivity index (χ0) is 30.4. The van der Waals surface area contributed by atoms with Crippen molar-refractivity contribution in [3.05, 3.63) is 82.7 Å². The average Bonchev–Trinajstić information content (AvgIpc) is 3.51. The van der Waals surface area contributed by atoms with Crippen molar-refractivity contribution < 1.29 is 27.9 Å². The Balaban J connectivity index is 1.09. The van der Waals surface area contributed by atoms with Crippen molar-refractivity contribution in [3.8, 4) is 0 Å². The van der Waals surface area contributed by atoms with Crippen LogP contribution in [0, 0.1) is 17.6 Å². The van der Waals surface area contributed by atoms with Crippen LogP contribution in [0.4, 0.5) is 20.4 Å². The predicted molar refractivity (Wildman–Crippen MR) is 156 cm³/mol. The van der Waals surface area contributed by atoms with Crippen molar-refractivity contribution in [2.24, 2.45) is 5.92 Å². The third-order valence-corrected chi connectivity index (χ3v) is 9.33. The van der Waals surface area contributed by atoms with E-state index in [9.17, 15) is 23.2 Å². The number of nitrogens with one attached hydrogen (secondary N) is 3. The van der Waals surface area contributed by atoms with Gasteiger partial charge in [0.05, 0.1) is 17.5 Å². The Kier molecular flexibility index (Phi) is 7.33. The van der Waals surface area contributed by atoms with Gasteiger partial charge < -0.3 is 25.6 Å². The van der Waals surface area contributed by atoms with Crippen molar-refractivity contribution >= 4 is 29.4 Å². The zero-order valence-corrected chi connectivity index (χ0v) is 23.9. The van der Waals surface area contributed by atoms with Crippen molar-refractivity contribution in [2.45, 2.75) is 49.6 Å². The summed E-state index contributed by atoms with van der Waals surface area (Å²) in [6.45, 7) is 1.21. The van der Waals surface area contributed by atoms with Gasteiger partial charge in [-0.1, -0.05) is 6.07 Å². The minimum atomic E-state index is -0.767. The zero-order valence-electron chi connectivity index (χ0n) is 23.9. The van der Waals surface area contributed by atoms with Gasteiger partial charge in [0.2, 0.25) is 17.7 Å². The first-order valence-corrected chi connectivity index (χ1v) is 14.9. The van der Waals surface area contributed by atoms with Crippen LogP contribution in [0.15, 0.2) is 48.8 Å². The van der Waals surface area contributed by atoms with Gasteiger partial charge in [-0.25, -0.2) is 18.7 Å². The first-order chi connectivity index (χ1) is 21.3. The van der Waals surface area contributed by atoms with E-state index in [4.69, 9.17) is 4.74 Å². The molecule has 0 bridgehead atoms. The van der Waals surface area contributed by atoms with E-state index in [1.165, 1.54) is 17.0 Å². The molecule has 2 fully saturated rings. The molecule has 10 nitrogen and oxygen atoms in total. The van der Waals surface area contributed by atoms with Crippen LogP contribution in [-0.4, -0.2) is 64.9 Å². The minimum Gasteiger partial charge on any atom is -0.381 e. The van der Waals surface area contributed by atoms with Gasteiger partial charge in [-0.15, -0.1) is 0 Å². The summed E-state index contributed by atoms with van der Waals surface area (Å²) in [5.41, 5.74) is 2.16. The van der Waals surface area contributed by atoms with Gasteiger partial charge in [0.15, 0.2) is 0 Å². The van der Waals surface area contributed by atoms with Crippen LogP contribution in [0.3, 0.4) is 0 Å². The molecule has 7 rings (SSSR count). The quantitative estimate of drug-likeness (QED) is 0.396. The molecule has 1 aromatic carbocycles. The number of carbonyl (C=O) groups is 3. The van der Waals surface area contributed by atoms with E-state index in [-0.39, 0.29) is 30.5 Å². The lowest BCUT2D eigenvalue weighted by Crippen LogP contribution is -2.58. The molecule has 3 unspecified atom stereocenters. The summed E-state index contributed by atoms with van der Waals surface area (Å²) in [5.74, 6) is -1.24. The molecule has 2 aromatic heterocycles. The Labute approximate surface area is 252 Å². The van der Waals surface area contributed by atoms with E-state index >= 15 is 0 Å². The molecular weight excluding hydrogens is 570 g/mol. The van der Waals surface area contributed by atoms with Crippen LogP contribution in [0.2, 0.25) is 0 Å². The normalized spacial score (nSPS) is 24.7. The van der Waals surface area contributed by atoms with Gasteiger partial charge in [0, 0.05) is 43.8 Å². The summed E-state index contributed by atoms with van der Waals surface area (Å²) < 4.78 is 33.8. The number of amides is 3. The van der Waals surface area contributed by atoms with Crippen molar-refractivity contribution in [1.82, 2.24) is 20.2 Å². The summed E-state index contributed by atoms with van der Waals surface area (Å²) in [6, 6.07) is 7.37. The van der Waals surface area contributed by atoms with Crippen molar-refractivity contribution in [3.63, 3.8) is 0 Å². The fraction of sp³-hybridized carbons (Fsp3) is 0.406. The fourth-order valence-corrected chi connectivity index (χ4v) is 7.12. The van der Waals surface area contributed by atoms with Crippen LogP contribution in [0.1, 0.15) is 47.6 Å². The second-order valence-electron chi connectivity index (χ2n) is 12.1. The maximum atomic E-state index is 14.2. The Hall–Kier alpha value is -4.29. The third-order valence-electron chi connectivity index (χ3n) is 9.33. The molecule has 3 aromatic rings. The van der Waals surface area contributed by atoms with E-state index in [0.29, 0.717) is 50.0 Å². The summed E-state index contributed by atoms with van der Waals surface area (Å²) >= 11 is 0. The molecule has 44 heavy (non-hydrogen) atoms. The van der Waals surface area contributed by atoms with Gasteiger partial charge in [-0.2, -0.15) is 0 Å². The van der Waals surface area contributed by atoms with Crippen LogP contribution in [0.25, 0.3) is 0 Å². The number of piperazine rings is 1. The van der Waals surface area contributed by atoms with Gasteiger partial charge in [0.1, 0.15) is 29.8 Å². The molecule has 0 radical (unpaired) electrons. The predicted octanol–water partition coefficient (Wildman–Crippen LogP) is 3.04. The number of hydrogen-bond acceptors (Lipinski definition) is 7. The number of nitrogens with zero attached hydrogens (tertiary/aromatic N) is 3. The minimum absolute atomic E-state index is 0.111. The van der Waals surface area contributed by atoms with E-state index in [2.05, 4.69) is 25.9 Å². The lowest BCUT2D eigenvalue weighted by atomic mass is 9.79. The lowest BCUT2D eigenvalue weighted by molar-refractivity contribution is -0.142. The Morgan fingerprint density at radius 2 is 1.84 bits per heavy atom. The van der Waals surface area contributed by atoms with Crippen LogP contribution in [-0.2, 0) is 37.4 Å². The number of fused-ring (bicyclic) bond motifs is 3. The number of halogens is 2. The number of rotatable bonds is 6. The van der Waals surface area contributed by atoms with Gasteiger partial charge in [0.25, 0.3) is 0 Å². The Bertz CT molecular complexity index is 1630. The highest BCUT2D eigenvalue weighted by atomic mass is 19.1. The van der Waals surface area contributed by atoms with Crippen LogP contribution < -0.4 is 16.0 Å². The number of anilines is 2. The first-order valence-electron chi connectivity index (χ1n) is 14.9. The number of ether oxygens (including phenoxy) is 1. The second kappa shape index (κ2) is 11.3. The molecule has 3 N–H and O–H groups in total. The molecule has 5 heterocycles. The Morgan fingerprint density at radius 3 is 2.64 bits per heavy atom. The average molecular weight is 603 g/mol. The first kappa shape index (κ1) is 28.5. The second-order valence-corrected chi connectivity index (χ2v) is 12.1. The highest BCUT2D eigenvalue weighted by Gasteiger charge is 2.51. The molecule has 3 atom stereocenters. The van der Waals surface area contributed by atoms with Crippen molar-refractivity contribution in [2.75, 3.05) is 36.9 Å². The lowest BCUT2D eigenvalue weighted by Gasteiger charge is -2.41. The largest absolute Gasteiger partial charge is 0.381 e.